The Kier molecular flexibility index (Phi) is 6.20. The number of amides is 1. The van der Waals surface area contributed by atoms with Crippen LogP contribution in [0.25, 0.3) is 0 Å². The van der Waals surface area contributed by atoms with E-state index < -0.39 is 5.97 Å². The zero-order valence-electron chi connectivity index (χ0n) is 15.2. The van der Waals surface area contributed by atoms with E-state index in [1.54, 1.807) is 19.9 Å². The first-order chi connectivity index (χ1) is 12.0. The minimum Gasteiger partial charge on any atom is -0.462 e. The minimum absolute atomic E-state index is 0.0909. The molecule has 1 saturated carbocycles. The molecule has 1 aromatic heterocycles. The van der Waals surface area contributed by atoms with E-state index in [-0.39, 0.29) is 45.6 Å². The SMILES string of the molecule is CCOC(=O)c1c(NC(=O)[C@@H]2[C@H](C=C(Cl)Cl)C2(C)C)sc(C(C)=O)c1C. The Labute approximate surface area is 166 Å². The van der Waals surface area contributed by atoms with Crippen LogP contribution in [-0.4, -0.2) is 24.3 Å². The Balaban J connectivity index is 2.33. The van der Waals surface area contributed by atoms with Gasteiger partial charge in [0.15, 0.2) is 5.78 Å². The molecule has 0 bridgehead atoms. The summed E-state index contributed by atoms with van der Waals surface area (Å²) in [4.78, 5) is 37.3. The molecular formula is C18H21Cl2NO4S. The predicted molar refractivity (Wildman–Crippen MR) is 104 cm³/mol. The van der Waals surface area contributed by atoms with Crippen molar-refractivity contribution >= 4 is 57.2 Å². The molecule has 0 saturated heterocycles. The highest BCUT2D eigenvalue weighted by molar-refractivity contribution is 7.18. The van der Waals surface area contributed by atoms with Gasteiger partial charge in [-0.05, 0) is 43.7 Å². The summed E-state index contributed by atoms with van der Waals surface area (Å²) >= 11 is 12.5. The second kappa shape index (κ2) is 7.71. The van der Waals surface area contributed by atoms with Crippen LogP contribution in [-0.2, 0) is 9.53 Å². The summed E-state index contributed by atoms with van der Waals surface area (Å²) in [5.41, 5.74) is 0.460. The maximum atomic E-state index is 12.7. The molecule has 26 heavy (non-hydrogen) atoms. The standard InChI is InChI=1S/C18H21Cl2NO4S/c1-6-25-17(24)12-8(2)14(9(3)22)26-16(12)21-15(23)13-10(7-11(19)20)18(13,4)5/h7,10,13H,6H2,1-5H3,(H,21,23)/t10-,13-/m0/s1. The second-order valence-electron chi connectivity index (χ2n) is 6.81. The second-order valence-corrected chi connectivity index (χ2v) is 8.84. The minimum atomic E-state index is -0.556. The van der Waals surface area contributed by atoms with Crippen LogP contribution in [0.2, 0.25) is 0 Å². The molecule has 0 aromatic carbocycles. The number of halogens is 2. The predicted octanol–water partition coefficient (Wildman–Crippen LogP) is 4.97. The maximum Gasteiger partial charge on any atom is 0.341 e. The largest absolute Gasteiger partial charge is 0.462 e. The quantitative estimate of drug-likeness (QED) is 0.523. The summed E-state index contributed by atoms with van der Waals surface area (Å²) in [6.45, 7) is 8.89. The third-order valence-corrected chi connectivity index (χ3v) is 6.24. The average Bonchev–Trinajstić information content (AvgIpc) is 2.87. The number of anilines is 1. The van der Waals surface area contributed by atoms with Gasteiger partial charge in [-0.25, -0.2) is 4.79 Å². The summed E-state index contributed by atoms with van der Waals surface area (Å²) < 4.78 is 5.20. The van der Waals surface area contributed by atoms with Gasteiger partial charge in [0.2, 0.25) is 5.91 Å². The number of nitrogens with one attached hydrogen (secondary N) is 1. The van der Waals surface area contributed by atoms with Gasteiger partial charge in [-0.1, -0.05) is 37.0 Å². The number of Topliss-reactive ketones (excluding diaryl/α,β-unsaturated/α-hetero) is 1. The molecule has 0 spiro atoms. The number of allylic oxidation sites excluding steroid dienone is 1. The van der Waals surface area contributed by atoms with Crippen molar-refractivity contribution in [2.75, 3.05) is 11.9 Å². The third-order valence-electron chi connectivity index (χ3n) is 4.68. The van der Waals surface area contributed by atoms with Crippen LogP contribution in [0.15, 0.2) is 10.6 Å². The van der Waals surface area contributed by atoms with Gasteiger partial charge in [0.25, 0.3) is 0 Å². The molecule has 2 rings (SSSR count). The van der Waals surface area contributed by atoms with Crippen LogP contribution in [0, 0.1) is 24.2 Å². The van der Waals surface area contributed by atoms with E-state index in [4.69, 9.17) is 27.9 Å². The molecule has 2 atom stereocenters. The third kappa shape index (κ3) is 3.97. The number of esters is 1. The highest BCUT2D eigenvalue weighted by atomic mass is 35.5. The van der Waals surface area contributed by atoms with Crippen LogP contribution in [0.5, 0.6) is 0 Å². The van der Waals surface area contributed by atoms with Gasteiger partial charge < -0.3 is 10.1 Å². The Morgan fingerprint density at radius 3 is 2.42 bits per heavy atom. The van der Waals surface area contributed by atoms with Gasteiger partial charge in [0, 0.05) is 0 Å². The molecule has 0 radical (unpaired) electrons. The fraction of sp³-hybridized carbons (Fsp3) is 0.500. The normalized spacial score (nSPS) is 20.3. The summed E-state index contributed by atoms with van der Waals surface area (Å²) in [5.74, 6) is -1.38. The van der Waals surface area contributed by atoms with Crippen molar-refractivity contribution in [3.05, 3.63) is 26.6 Å². The van der Waals surface area contributed by atoms with E-state index in [1.165, 1.54) is 6.92 Å². The number of thiophene rings is 1. The van der Waals surface area contributed by atoms with Crippen molar-refractivity contribution in [3.63, 3.8) is 0 Å². The molecule has 1 N–H and O–H groups in total. The van der Waals surface area contributed by atoms with Crippen LogP contribution >= 0.6 is 34.5 Å². The average molecular weight is 418 g/mol. The van der Waals surface area contributed by atoms with Crippen LogP contribution in [0.4, 0.5) is 5.00 Å². The van der Waals surface area contributed by atoms with Crippen molar-refractivity contribution < 1.29 is 19.1 Å². The number of carbonyl (C=O) groups excluding carboxylic acids is 3. The highest BCUT2D eigenvalue weighted by Gasteiger charge is 2.60. The highest BCUT2D eigenvalue weighted by Crippen LogP contribution is 2.60. The molecule has 1 aromatic rings. The van der Waals surface area contributed by atoms with E-state index in [2.05, 4.69) is 5.32 Å². The fourth-order valence-electron chi connectivity index (χ4n) is 3.20. The Morgan fingerprint density at radius 2 is 1.92 bits per heavy atom. The van der Waals surface area contributed by atoms with Crippen LogP contribution in [0.3, 0.4) is 0 Å². The zero-order chi connectivity index (χ0) is 19.8. The monoisotopic (exact) mass is 417 g/mol. The van der Waals surface area contributed by atoms with E-state index in [9.17, 15) is 14.4 Å². The molecule has 5 nitrogen and oxygen atoms in total. The van der Waals surface area contributed by atoms with Crippen LogP contribution < -0.4 is 5.32 Å². The van der Waals surface area contributed by atoms with E-state index in [1.807, 2.05) is 13.8 Å². The number of hydrogen-bond acceptors (Lipinski definition) is 5. The molecule has 1 aliphatic rings. The topological polar surface area (TPSA) is 72.5 Å². The van der Waals surface area contributed by atoms with Gasteiger partial charge >= 0.3 is 5.97 Å². The van der Waals surface area contributed by atoms with Gasteiger partial charge in [-0.3, -0.25) is 9.59 Å². The lowest BCUT2D eigenvalue weighted by molar-refractivity contribution is -0.118. The van der Waals surface area contributed by atoms with Crippen molar-refractivity contribution in [3.8, 4) is 0 Å². The summed E-state index contributed by atoms with van der Waals surface area (Å²) in [7, 11) is 0. The van der Waals surface area contributed by atoms with Gasteiger partial charge in [0.05, 0.1) is 23.0 Å². The van der Waals surface area contributed by atoms with Gasteiger partial charge in [-0.15, -0.1) is 11.3 Å². The molecule has 1 aliphatic carbocycles. The molecule has 0 unspecified atom stereocenters. The van der Waals surface area contributed by atoms with Crippen molar-refractivity contribution in [1.29, 1.82) is 0 Å². The maximum absolute atomic E-state index is 12.7. The van der Waals surface area contributed by atoms with Gasteiger partial charge in [0.1, 0.15) is 9.49 Å². The molecule has 1 heterocycles. The first-order valence-electron chi connectivity index (χ1n) is 8.17. The molecule has 1 fully saturated rings. The lowest BCUT2D eigenvalue weighted by Crippen LogP contribution is -2.18. The van der Waals surface area contributed by atoms with E-state index in [0.29, 0.717) is 15.4 Å². The van der Waals surface area contributed by atoms with Crippen molar-refractivity contribution in [2.24, 2.45) is 17.3 Å². The number of ether oxygens (including phenoxy) is 1. The zero-order valence-corrected chi connectivity index (χ0v) is 17.6. The van der Waals surface area contributed by atoms with E-state index in [0.717, 1.165) is 11.3 Å². The summed E-state index contributed by atoms with van der Waals surface area (Å²) in [6, 6.07) is 0. The number of carbonyl (C=O) groups is 3. The summed E-state index contributed by atoms with van der Waals surface area (Å²) in [6.07, 6.45) is 1.65. The fourth-order valence-corrected chi connectivity index (χ4v) is 4.57. The molecule has 1 amide bonds. The van der Waals surface area contributed by atoms with Crippen molar-refractivity contribution in [1.82, 2.24) is 0 Å². The Hall–Kier alpha value is -1.37. The first-order valence-corrected chi connectivity index (χ1v) is 9.74. The number of rotatable bonds is 6. The molecule has 8 heteroatoms. The lowest BCUT2D eigenvalue weighted by atomic mass is 10.1. The number of hydrogen-bond donors (Lipinski definition) is 1. The number of ketones is 1. The van der Waals surface area contributed by atoms with Gasteiger partial charge in [-0.2, -0.15) is 0 Å². The Morgan fingerprint density at radius 1 is 1.31 bits per heavy atom. The molecular weight excluding hydrogens is 397 g/mol. The van der Waals surface area contributed by atoms with Crippen LogP contribution in [0.1, 0.15) is 53.3 Å². The summed E-state index contributed by atoms with van der Waals surface area (Å²) in [5, 5.41) is 3.13. The molecule has 0 aliphatic heterocycles. The van der Waals surface area contributed by atoms with E-state index >= 15 is 0 Å². The van der Waals surface area contributed by atoms with Crippen molar-refractivity contribution in [2.45, 2.75) is 34.6 Å². The first kappa shape index (κ1) is 20.9. The Bertz CT molecular complexity index is 793. The molecule has 142 valence electrons. The lowest BCUT2D eigenvalue weighted by Gasteiger charge is -2.07. The smallest absolute Gasteiger partial charge is 0.341 e.